The molecule has 0 spiro atoms. The number of anilines is 2. The third-order valence-corrected chi connectivity index (χ3v) is 4.35. The average molecular weight is 322 g/mol. The van der Waals surface area contributed by atoms with Crippen molar-refractivity contribution >= 4 is 23.1 Å². The van der Waals surface area contributed by atoms with Crippen LogP contribution in [-0.4, -0.2) is 39.8 Å². The number of aryl methyl sites for hydroxylation is 1. The molecule has 1 aliphatic heterocycles. The van der Waals surface area contributed by atoms with Crippen LogP contribution in [0.25, 0.3) is 0 Å². The molecular formula is C15H20ClN5O. The highest BCUT2D eigenvalue weighted by atomic mass is 35.5. The quantitative estimate of drug-likeness (QED) is 0.910. The van der Waals surface area contributed by atoms with Crippen molar-refractivity contribution in [2.24, 2.45) is 7.05 Å². The predicted molar refractivity (Wildman–Crippen MR) is 88.0 cm³/mol. The van der Waals surface area contributed by atoms with E-state index in [1.165, 1.54) is 10.4 Å². The largest absolute Gasteiger partial charge is 0.345 e. The van der Waals surface area contributed by atoms with Crippen LogP contribution in [0.5, 0.6) is 0 Å². The van der Waals surface area contributed by atoms with Gasteiger partial charge in [0.1, 0.15) is 11.5 Å². The number of H-pyrrole nitrogens is 1. The third kappa shape index (κ3) is 3.18. The van der Waals surface area contributed by atoms with E-state index in [0.29, 0.717) is 11.6 Å². The maximum Gasteiger partial charge on any atom is 0.290 e. The normalized spacial score (nSPS) is 16.9. The van der Waals surface area contributed by atoms with Gasteiger partial charge in [-0.3, -0.25) is 4.79 Å². The zero-order valence-electron chi connectivity index (χ0n) is 12.8. The van der Waals surface area contributed by atoms with Gasteiger partial charge in [-0.2, -0.15) is 5.10 Å². The van der Waals surface area contributed by atoms with Crippen molar-refractivity contribution < 1.29 is 0 Å². The summed E-state index contributed by atoms with van der Waals surface area (Å²) in [5.74, 6) is 1.35. The van der Waals surface area contributed by atoms with Gasteiger partial charge in [0.2, 0.25) is 0 Å². The predicted octanol–water partition coefficient (Wildman–Crippen LogP) is 2.31. The molecule has 0 unspecified atom stereocenters. The molecule has 22 heavy (non-hydrogen) atoms. The van der Waals surface area contributed by atoms with Gasteiger partial charge in [-0.15, -0.1) is 0 Å². The number of nitrogens with one attached hydrogen (secondary N) is 2. The fourth-order valence-electron chi connectivity index (χ4n) is 2.85. The number of piperidine rings is 1. The summed E-state index contributed by atoms with van der Waals surface area (Å²) in [6.07, 6.45) is 2.30. The first-order valence-electron chi connectivity index (χ1n) is 7.41. The molecule has 2 N–H and O–H groups in total. The molecule has 2 aromatic heterocycles. The van der Waals surface area contributed by atoms with Gasteiger partial charge < -0.3 is 15.2 Å². The van der Waals surface area contributed by atoms with Gasteiger partial charge in [0.25, 0.3) is 5.56 Å². The molecule has 0 aromatic carbocycles. The van der Waals surface area contributed by atoms with E-state index in [-0.39, 0.29) is 10.7 Å². The van der Waals surface area contributed by atoms with Crippen molar-refractivity contribution in [3.05, 3.63) is 39.4 Å². The third-order valence-electron chi connectivity index (χ3n) is 4.17. The van der Waals surface area contributed by atoms with Crippen LogP contribution < -0.4 is 10.9 Å². The zero-order valence-corrected chi connectivity index (χ0v) is 13.5. The van der Waals surface area contributed by atoms with Gasteiger partial charge in [0, 0.05) is 24.7 Å². The first-order chi connectivity index (χ1) is 10.5. The minimum Gasteiger partial charge on any atom is -0.345 e. The minimum absolute atomic E-state index is 0.208. The second-order valence-corrected chi connectivity index (χ2v) is 6.23. The molecular weight excluding hydrogens is 302 g/mol. The maximum absolute atomic E-state index is 12.0. The van der Waals surface area contributed by atoms with Gasteiger partial charge in [0.05, 0.1) is 0 Å². The number of halogens is 1. The van der Waals surface area contributed by atoms with Gasteiger partial charge in [-0.05, 0) is 45.1 Å². The monoisotopic (exact) mass is 321 g/mol. The Morgan fingerprint density at radius 1 is 1.32 bits per heavy atom. The fourth-order valence-corrected chi connectivity index (χ4v) is 3.07. The number of rotatable bonds is 3. The fraction of sp³-hybridized carbons (Fsp3) is 0.467. The molecule has 118 valence electrons. The lowest BCUT2D eigenvalue weighted by molar-refractivity contribution is 0.253. The van der Waals surface area contributed by atoms with Gasteiger partial charge in [0.15, 0.2) is 5.15 Å². The topological polar surface area (TPSA) is 66.0 Å². The van der Waals surface area contributed by atoms with Crippen molar-refractivity contribution in [1.82, 2.24) is 19.7 Å². The summed E-state index contributed by atoms with van der Waals surface area (Å²) in [4.78, 5) is 17.7. The molecule has 0 radical (unpaired) electrons. The van der Waals surface area contributed by atoms with E-state index in [0.717, 1.165) is 31.7 Å². The highest BCUT2D eigenvalue weighted by molar-refractivity contribution is 6.29. The molecule has 0 aliphatic carbocycles. The molecule has 1 saturated heterocycles. The highest BCUT2D eigenvalue weighted by Crippen LogP contribution is 2.28. The molecule has 3 rings (SSSR count). The first-order valence-corrected chi connectivity index (χ1v) is 7.79. The number of hydrogen-bond donors (Lipinski definition) is 2. The lowest BCUT2D eigenvalue weighted by Crippen LogP contribution is -2.29. The molecule has 6 nitrogen and oxygen atoms in total. The van der Waals surface area contributed by atoms with E-state index in [1.54, 1.807) is 13.1 Å². The molecule has 1 aliphatic rings. The van der Waals surface area contributed by atoms with E-state index >= 15 is 0 Å². The molecule has 0 atom stereocenters. The Kier molecular flexibility index (Phi) is 4.22. The summed E-state index contributed by atoms with van der Waals surface area (Å²) in [5.41, 5.74) is 1.42. The number of likely N-dealkylation sites (tertiary alicyclic amines) is 1. The van der Waals surface area contributed by atoms with Gasteiger partial charge >= 0.3 is 0 Å². The SMILES string of the molecule is CN1CCC(c2ccc(Nc3cc(Cl)nn(C)c3=O)[nH]2)CC1. The summed E-state index contributed by atoms with van der Waals surface area (Å²) in [6, 6.07) is 5.59. The molecule has 1 fully saturated rings. The van der Waals surface area contributed by atoms with Crippen LogP contribution in [0.2, 0.25) is 5.15 Å². The number of aromatic amines is 1. The summed E-state index contributed by atoms with van der Waals surface area (Å²) in [6.45, 7) is 2.24. The Hall–Kier alpha value is -1.79. The summed E-state index contributed by atoms with van der Waals surface area (Å²) < 4.78 is 1.23. The van der Waals surface area contributed by atoms with Crippen molar-refractivity contribution in [1.29, 1.82) is 0 Å². The first kappa shape index (κ1) is 15.1. The van der Waals surface area contributed by atoms with Crippen molar-refractivity contribution in [2.45, 2.75) is 18.8 Å². The lowest BCUT2D eigenvalue weighted by atomic mass is 9.94. The standard InChI is InChI=1S/C15H20ClN5O/c1-20-7-5-10(6-8-20)11-3-4-14(17-11)18-12-9-13(16)19-21(2)15(12)22/h3-4,9-10,17-18H,5-8H2,1-2H3. The van der Waals surface area contributed by atoms with E-state index in [9.17, 15) is 4.79 Å². The van der Waals surface area contributed by atoms with Crippen LogP contribution in [0.1, 0.15) is 24.5 Å². The Morgan fingerprint density at radius 2 is 2.05 bits per heavy atom. The molecule has 7 heteroatoms. The van der Waals surface area contributed by atoms with Crippen LogP contribution in [0.3, 0.4) is 0 Å². The van der Waals surface area contributed by atoms with Gasteiger partial charge in [-0.1, -0.05) is 11.6 Å². The van der Waals surface area contributed by atoms with Crippen molar-refractivity contribution in [3.8, 4) is 0 Å². The molecule has 0 bridgehead atoms. The highest BCUT2D eigenvalue weighted by Gasteiger charge is 2.19. The Balaban J connectivity index is 1.76. The molecule has 3 heterocycles. The molecule has 2 aromatic rings. The van der Waals surface area contributed by atoms with Crippen LogP contribution in [0, 0.1) is 0 Å². The maximum atomic E-state index is 12.0. The van der Waals surface area contributed by atoms with E-state index in [4.69, 9.17) is 11.6 Å². The lowest BCUT2D eigenvalue weighted by Gasteiger charge is -2.28. The Bertz CT molecular complexity index is 715. The minimum atomic E-state index is -0.208. The van der Waals surface area contributed by atoms with Crippen molar-refractivity contribution in [2.75, 3.05) is 25.5 Å². The van der Waals surface area contributed by atoms with Crippen molar-refractivity contribution in [3.63, 3.8) is 0 Å². The summed E-state index contributed by atoms with van der Waals surface area (Å²) in [7, 11) is 3.74. The van der Waals surface area contributed by atoms with E-state index in [2.05, 4.69) is 33.4 Å². The number of nitrogens with zero attached hydrogens (tertiary/aromatic N) is 3. The van der Waals surface area contributed by atoms with E-state index in [1.807, 2.05) is 6.07 Å². The average Bonchev–Trinajstić information content (AvgIpc) is 2.93. The second-order valence-electron chi connectivity index (χ2n) is 5.84. The van der Waals surface area contributed by atoms with Crippen LogP contribution in [-0.2, 0) is 7.05 Å². The van der Waals surface area contributed by atoms with Crippen LogP contribution in [0.4, 0.5) is 11.5 Å². The summed E-state index contributed by atoms with van der Waals surface area (Å²) >= 11 is 5.90. The molecule has 0 saturated carbocycles. The second kappa shape index (κ2) is 6.14. The zero-order chi connectivity index (χ0) is 15.7. The smallest absolute Gasteiger partial charge is 0.290 e. The Morgan fingerprint density at radius 3 is 2.77 bits per heavy atom. The van der Waals surface area contributed by atoms with Crippen LogP contribution in [0.15, 0.2) is 23.0 Å². The Labute approximate surface area is 134 Å². The summed E-state index contributed by atoms with van der Waals surface area (Å²) in [5, 5.41) is 7.26. The number of hydrogen-bond acceptors (Lipinski definition) is 4. The number of aromatic nitrogens is 3. The van der Waals surface area contributed by atoms with E-state index < -0.39 is 0 Å². The van der Waals surface area contributed by atoms with Gasteiger partial charge in [-0.25, -0.2) is 4.68 Å². The molecule has 0 amide bonds. The van der Waals surface area contributed by atoms with Crippen LogP contribution >= 0.6 is 11.6 Å².